The van der Waals surface area contributed by atoms with Gasteiger partial charge >= 0.3 is 18.1 Å². The van der Waals surface area contributed by atoms with E-state index in [9.17, 15) is 19.5 Å². The Labute approximate surface area is 326 Å². The van der Waals surface area contributed by atoms with E-state index in [1.807, 2.05) is 34.6 Å². The van der Waals surface area contributed by atoms with E-state index in [1.165, 1.54) is 13.0 Å². The monoisotopic (exact) mass is 784 g/mol. The molecule has 2 aliphatic heterocycles. The summed E-state index contributed by atoms with van der Waals surface area (Å²) in [6.07, 6.45) is -4.47. The van der Waals surface area contributed by atoms with Crippen molar-refractivity contribution in [3.63, 3.8) is 0 Å². The highest BCUT2D eigenvalue weighted by Gasteiger charge is 2.80. The van der Waals surface area contributed by atoms with Crippen LogP contribution in [0.2, 0.25) is 18.1 Å². The Hall–Kier alpha value is -3.07. The number of aliphatic hydroxyl groups is 1. The highest BCUT2D eigenvalue weighted by molar-refractivity contribution is 6.73. The molecular weight excluding hydrogens is 725 g/mol. The fourth-order valence-electron chi connectivity index (χ4n) is 10.6. The van der Waals surface area contributed by atoms with Crippen LogP contribution >= 0.6 is 0 Å². The number of ether oxygens (including phenoxy) is 7. The highest BCUT2D eigenvalue weighted by Crippen LogP contribution is 2.68. The zero-order chi connectivity index (χ0) is 40.4. The zero-order valence-corrected chi connectivity index (χ0v) is 35.1. The summed E-state index contributed by atoms with van der Waals surface area (Å²) in [5, 5.41) is 13.8. The number of carbonyl (C=O) groups excluding carboxylic acids is 3. The fraction of sp³-hybridized carbons (Fsp3) is 0.690. The molecule has 0 aromatic heterocycles. The van der Waals surface area contributed by atoms with E-state index in [-0.39, 0.29) is 25.2 Å². The van der Waals surface area contributed by atoms with Gasteiger partial charge in [0.25, 0.3) is 0 Å². The molecule has 6 rings (SSSR count). The fourth-order valence-corrected chi connectivity index (χ4v) is 13.6. The second kappa shape index (κ2) is 14.7. The van der Waals surface area contributed by atoms with Crippen LogP contribution < -0.4 is 0 Å². The van der Waals surface area contributed by atoms with Gasteiger partial charge in [-0.05, 0) is 62.2 Å². The molecule has 2 bridgehead atoms. The lowest BCUT2D eigenvalue weighted by atomic mass is 9.44. The third-order valence-electron chi connectivity index (χ3n) is 13.8. The summed E-state index contributed by atoms with van der Waals surface area (Å²) in [5.41, 5.74) is -4.04. The number of benzene rings is 1. The van der Waals surface area contributed by atoms with Crippen LogP contribution in [0.5, 0.6) is 0 Å². The molecular formula is C42H60O12Si. The minimum absolute atomic E-state index is 0.00477. The van der Waals surface area contributed by atoms with Crippen LogP contribution in [0.15, 0.2) is 54.1 Å². The van der Waals surface area contributed by atoms with Gasteiger partial charge < -0.3 is 42.7 Å². The molecule has 304 valence electrons. The van der Waals surface area contributed by atoms with Gasteiger partial charge in [-0.15, -0.1) is 0 Å². The molecule has 10 atom stereocenters. The summed E-state index contributed by atoms with van der Waals surface area (Å²) >= 11 is 0. The van der Waals surface area contributed by atoms with Gasteiger partial charge in [0.2, 0.25) is 0 Å². The van der Waals surface area contributed by atoms with Gasteiger partial charge in [0.05, 0.1) is 30.3 Å². The van der Waals surface area contributed by atoms with Crippen LogP contribution in [0, 0.1) is 16.7 Å². The molecule has 2 saturated heterocycles. The van der Waals surface area contributed by atoms with Gasteiger partial charge in [-0.25, -0.2) is 9.59 Å². The summed E-state index contributed by atoms with van der Waals surface area (Å²) in [4.78, 5) is 40.9. The predicted octanol–water partition coefficient (Wildman–Crippen LogP) is 7.05. The molecule has 55 heavy (non-hydrogen) atoms. The minimum Gasteiger partial charge on any atom is -0.455 e. The molecule has 0 spiro atoms. The number of carbonyl (C=O) groups is 3. The molecule has 1 N–H and O–H groups in total. The lowest BCUT2D eigenvalue weighted by molar-refractivity contribution is -0.361. The third-order valence-corrected chi connectivity index (χ3v) is 18.4. The zero-order valence-electron chi connectivity index (χ0n) is 34.1. The Kier molecular flexibility index (Phi) is 11.1. The van der Waals surface area contributed by atoms with E-state index < -0.39 is 96.8 Å². The molecule has 5 aliphatic rings. The van der Waals surface area contributed by atoms with Gasteiger partial charge in [-0.1, -0.05) is 72.4 Å². The Morgan fingerprint density at radius 2 is 1.65 bits per heavy atom. The van der Waals surface area contributed by atoms with Crippen molar-refractivity contribution in [3.8, 4) is 0 Å². The predicted molar refractivity (Wildman–Crippen MR) is 204 cm³/mol. The number of hydrogen-bond donors (Lipinski definition) is 1. The van der Waals surface area contributed by atoms with Crippen molar-refractivity contribution in [2.75, 3.05) is 13.2 Å². The molecule has 13 heteroatoms. The topological polar surface area (TPSA) is 145 Å². The number of fused-ring (bicyclic) bond motifs is 8. The first-order chi connectivity index (χ1) is 25.8. The van der Waals surface area contributed by atoms with E-state index >= 15 is 0 Å². The van der Waals surface area contributed by atoms with Gasteiger partial charge in [0.1, 0.15) is 36.6 Å². The Morgan fingerprint density at radius 1 is 1.00 bits per heavy atom. The average molecular weight is 785 g/mol. The summed E-state index contributed by atoms with van der Waals surface area (Å²) in [7, 11) is -2.38. The number of esters is 2. The first-order valence-corrected chi connectivity index (χ1v) is 22.3. The second-order valence-electron chi connectivity index (χ2n) is 17.3. The van der Waals surface area contributed by atoms with Gasteiger partial charge in [-0.3, -0.25) is 4.79 Å². The van der Waals surface area contributed by atoms with E-state index in [0.717, 1.165) is 18.1 Å². The Bertz CT molecular complexity index is 1680. The first kappa shape index (κ1) is 41.6. The van der Waals surface area contributed by atoms with E-state index in [4.69, 9.17) is 37.6 Å². The van der Waals surface area contributed by atoms with Gasteiger partial charge in [-0.2, -0.15) is 0 Å². The molecule has 9 unspecified atom stereocenters. The van der Waals surface area contributed by atoms with Crippen molar-refractivity contribution in [2.24, 2.45) is 16.7 Å². The molecule has 2 heterocycles. The highest BCUT2D eigenvalue weighted by atomic mass is 28.4. The van der Waals surface area contributed by atoms with Crippen LogP contribution in [-0.4, -0.2) is 98.3 Å². The summed E-state index contributed by atoms with van der Waals surface area (Å²) in [6.45, 7) is 22.8. The molecule has 0 amide bonds. The summed E-state index contributed by atoms with van der Waals surface area (Å²) < 4.78 is 52.3. The molecule has 4 fully saturated rings. The van der Waals surface area contributed by atoms with E-state index in [0.29, 0.717) is 17.6 Å². The van der Waals surface area contributed by atoms with E-state index in [1.54, 1.807) is 30.3 Å². The largest absolute Gasteiger partial charge is 0.509 e. The van der Waals surface area contributed by atoms with Crippen molar-refractivity contribution >= 4 is 26.4 Å². The minimum atomic E-state index is -2.38. The lowest BCUT2D eigenvalue weighted by Crippen LogP contribution is -2.82. The average Bonchev–Trinajstić information content (AvgIpc) is 3.45. The van der Waals surface area contributed by atoms with E-state index in [2.05, 4.69) is 34.3 Å². The molecule has 1 aromatic carbocycles. The smallest absolute Gasteiger partial charge is 0.455 e. The van der Waals surface area contributed by atoms with Crippen molar-refractivity contribution in [3.05, 3.63) is 59.7 Å². The van der Waals surface area contributed by atoms with Crippen LogP contribution in [0.25, 0.3) is 0 Å². The lowest BCUT2D eigenvalue weighted by Gasteiger charge is -2.69. The van der Waals surface area contributed by atoms with Crippen molar-refractivity contribution in [1.29, 1.82) is 0 Å². The van der Waals surface area contributed by atoms with Crippen LogP contribution in [-0.2, 0) is 42.4 Å². The van der Waals surface area contributed by atoms with Gasteiger partial charge in [0.15, 0.2) is 19.7 Å². The normalized spacial score (nSPS) is 37.1. The maximum Gasteiger partial charge on any atom is 0.509 e. The van der Waals surface area contributed by atoms with Crippen LogP contribution in [0.1, 0.15) is 92.4 Å². The van der Waals surface area contributed by atoms with Crippen LogP contribution in [0.4, 0.5) is 4.79 Å². The number of hydrogen-bond acceptors (Lipinski definition) is 12. The van der Waals surface area contributed by atoms with Crippen molar-refractivity contribution in [2.45, 2.75) is 154 Å². The SMILES string of the molecule is C=CCOC(=O)OC1CC2(O)C(OC(=O)c3ccccc3)C3C4(OC(C)=O)COC4CC(O[Si](CC)(CC)CC)[C@@]3(C)C3OC(C)(C)OC3C(=C1C)C2(C)C. The third kappa shape index (κ3) is 6.60. The quantitative estimate of drug-likeness (QED) is 0.106. The molecule has 0 radical (unpaired) electrons. The van der Waals surface area contributed by atoms with Crippen LogP contribution in [0.3, 0.4) is 0 Å². The molecule has 1 aromatic rings. The maximum atomic E-state index is 14.5. The molecule has 3 aliphatic carbocycles. The summed E-state index contributed by atoms with van der Waals surface area (Å²) in [5.74, 6) is -3.30. The molecule has 2 saturated carbocycles. The second-order valence-corrected chi connectivity index (χ2v) is 22.0. The number of rotatable bonds is 11. The molecule has 12 nitrogen and oxygen atoms in total. The summed E-state index contributed by atoms with van der Waals surface area (Å²) in [6, 6.07) is 11.2. The Morgan fingerprint density at radius 3 is 2.22 bits per heavy atom. The standard InChI is InChI=1S/C42H60O12Si/c1-12-21-47-37(45)49-28-23-42(46)35(50-36(44)27-19-17-16-18-20-27)33-40(11,34-32(52-39(9,10)53-34)31(25(28)5)38(42,7)8)29(54-55(13-2,14-3)15-4)22-30-41(33,24-48-30)51-26(6)43/h12,16-20,28-30,32-35,46H,1,13-15,21-24H2,2-11H3/t28?,29?,30?,32?,33?,34?,35?,40-,41?,42?/m1/s1. The van der Waals surface area contributed by atoms with Crippen molar-refractivity contribution in [1.82, 2.24) is 0 Å². The van der Waals surface area contributed by atoms with Gasteiger partial charge in [0, 0.05) is 30.6 Å². The van der Waals surface area contributed by atoms with Crippen molar-refractivity contribution < 1.29 is 57.1 Å². The first-order valence-electron chi connectivity index (χ1n) is 19.8. The Balaban J connectivity index is 1.68. The maximum absolute atomic E-state index is 14.5.